The van der Waals surface area contributed by atoms with E-state index in [0.717, 1.165) is 49.4 Å². The van der Waals surface area contributed by atoms with Crippen molar-refractivity contribution in [1.82, 2.24) is 40.2 Å². The fourth-order valence-corrected chi connectivity index (χ4v) is 2.82. The predicted molar refractivity (Wildman–Crippen MR) is 95.2 cm³/mol. The summed E-state index contributed by atoms with van der Waals surface area (Å²) >= 11 is 0. The average Bonchev–Trinajstić information content (AvgIpc) is 3.18. The summed E-state index contributed by atoms with van der Waals surface area (Å²) in [5.41, 5.74) is 0. The second-order valence-corrected chi connectivity index (χ2v) is 6.60. The Hall–Kier alpha value is -2.45. The van der Waals surface area contributed by atoms with E-state index >= 15 is 0 Å². The Morgan fingerprint density at radius 1 is 1.44 bits per heavy atom. The van der Waals surface area contributed by atoms with E-state index in [-0.39, 0.29) is 6.04 Å². The largest absolute Gasteiger partial charge is 0.357 e. The van der Waals surface area contributed by atoms with Gasteiger partial charge in [-0.15, -0.1) is 0 Å². The van der Waals surface area contributed by atoms with Crippen LogP contribution in [0, 0.1) is 0 Å². The zero-order valence-electron chi connectivity index (χ0n) is 15.4. The van der Waals surface area contributed by atoms with Gasteiger partial charge in [-0.25, -0.2) is 19.6 Å². The smallest absolute Gasteiger partial charge is 0.191 e. The highest BCUT2D eigenvalue weighted by Gasteiger charge is 2.23. The van der Waals surface area contributed by atoms with Gasteiger partial charge in [-0.05, 0) is 13.3 Å². The van der Waals surface area contributed by atoms with E-state index in [9.17, 15) is 0 Å². The Morgan fingerprint density at radius 2 is 2.28 bits per heavy atom. The summed E-state index contributed by atoms with van der Waals surface area (Å²) in [6.45, 7) is 8.42. The molecule has 0 radical (unpaired) electrons. The van der Waals surface area contributed by atoms with Gasteiger partial charge in [0.1, 0.15) is 24.5 Å². The zero-order chi connectivity index (χ0) is 17.8. The van der Waals surface area contributed by atoms with Gasteiger partial charge in [-0.3, -0.25) is 4.68 Å². The molecule has 1 unspecified atom stereocenters. The van der Waals surface area contributed by atoms with Crippen LogP contribution in [0.2, 0.25) is 0 Å². The van der Waals surface area contributed by atoms with Gasteiger partial charge in [0.2, 0.25) is 0 Å². The Morgan fingerprint density at radius 3 is 2.96 bits per heavy atom. The molecule has 3 rings (SSSR count). The molecule has 9 nitrogen and oxygen atoms in total. The van der Waals surface area contributed by atoms with Crippen LogP contribution in [0.25, 0.3) is 0 Å². The van der Waals surface area contributed by atoms with E-state index in [1.54, 1.807) is 11.0 Å². The predicted octanol–water partition coefficient (Wildman–Crippen LogP) is 0.600. The maximum Gasteiger partial charge on any atom is 0.191 e. The van der Waals surface area contributed by atoms with E-state index in [1.807, 2.05) is 11.7 Å². The van der Waals surface area contributed by atoms with Crippen LogP contribution in [0.4, 0.5) is 0 Å². The van der Waals surface area contributed by atoms with Crippen LogP contribution in [0.5, 0.6) is 0 Å². The van der Waals surface area contributed by atoms with Crippen molar-refractivity contribution < 1.29 is 0 Å². The van der Waals surface area contributed by atoms with E-state index in [1.165, 1.54) is 0 Å². The molecule has 0 aliphatic carbocycles. The summed E-state index contributed by atoms with van der Waals surface area (Å²) in [7, 11) is 1.87. The van der Waals surface area contributed by atoms with Crippen molar-refractivity contribution in [3.8, 4) is 0 Å². The molecule has 0 fully saturated rings. The number of nitrogens with zero attached hydrogens (tertiary/aromatic N) is 7. The summed E-state index contributed by atoms with van der Waals surface area (Å²) in [5.74, 6) is 4.00. The summed E-state index contributed by atoms with van der Waals surface area (Å²) in [6, 6.07) is 0.284. The minimum Gasteiger partial charge on any atom is -0.357 e. The molecule has 2 aromatic rings. The first kappa shape index (κ1) is 17.4. The molecule has 2 N–H and O–H groups in total. The lowest BCUT2D eigenvalue weighted by molar-refractivity contribution is 0.391. The van der Waals surface area contributed by atoms with Gasteiger partial charge in [-0.2, -0.15) is 10.2 Å². The first-order valence-electron chi connectivity index (χ1n) is 8.88. The highest BCUT2D eigenvalue weighted by molar-refractivity contribution is 5.80. The van der Waals surface area contributed by atoms with Crippen molar-refractivity contribution >= 4 is 5.96 Å². The molecule has 1 atom stereocenters. The zero-order valence-corrected chi connectivity index (χ0v) is 15.4. The monoisotopic (exact) mass is 345 g/mol. The van der Waals surface area contributed by atoms with Crippen molar-refractivity contribution in [3.05, 3.63) is 23.8 Å². The van der Waals surface area contributed by atoms with Gasteiger partial charge in [-0.1, -0.05) is 13.8 Å². The van der Waals surface area contributed by atoms with Gasteiger partial charge in [0.05, 0.1) is 6.54 Å². The number of aryl methyl sites for hydroxylation is 2. The van der Waals surface area contributed by atoms with Crippen molar-refractivity contribution in [2.24, 2.45) is 12.0 Å². The lowest BCUT2D eigenvalue weighted by atomic mass is 10.1. The maximum absolute atomic E-state index is 4.64. The number of aromatic nitrogens is 6. The Kier molecular flexibility index (Phi) is 5.30. The summed E-state index contributed by atoms with van der Waals surface area (Å²) in [4.78, 5) is 13.5. The molecule has 0 saturated carbocycles. The highest BCUT2D eigenvalue weighted by atomic mass is 15.4. The minimum atomic E-state index is 0.284. The maximum atomic E-state index is 4.64. The fourth-order valence-electron chi connectivity index (χ4n) is 2.82. The number of rotatable bonds is 5. The molecule has 136 valence electrons. The fraction of sp³-hybridized carbons (Fsp3) is 0.688. The minimum absolute atomic E-state index is 0.284. The van der Waals surface area contributed by atoms with Crippen molar-refractivity contribution in [2.45, 2.75) is 58.7 Å². The normalized spacial score (nSPS) is 17.6. The topological polar surface area (TPSA) is 97.8 Å². The molecular formula is C16H27N9. The second-order valence-electron chi connectivity index (χ2n) is 6.60. The Labute approximate surface area is 148 Å². The van der Waals surface area contributed by atoms with Gasteiger partial charge < -0.3 is 10.6 Å². The molecule has 25 heavy (non-hydrogen) atoms. The molecule has 0 spiro atoms. The van der Waals surface area contributed by atoms with Crippen LogP contribution in [0.1, 0.15) is 50.6 Å². The molecular weight excluding hydrogens is 318 g/mol. The molecule has 0 saturated heterocycles. The van der Waals surface area contributed by atoms with E-state index in [2.05, 4.69) is 56.6 Å². The number of aliphatic imine (C=N–C) groups is 1. The molecule has 1 aliphatic heterocycles. The number of fused-ring (bicyclic) bond motifs is 1. The van der Waals surface area contributed by atoms with E-state index < -0.39 is 0 Å². The van der Waals surface area contributed by atoms with Gasteiger partial charge in [0.25, 0.3) is 0 Å². The Bertz CT molecular complexity index is 728. The third-order valence-corrected chi connectivity index (χ3v) is 4.26. The third-order valence-electron chi connectivity index (χ3n) is 4.26. The number of guanidine groups is 1. The molecule has 0 amide bonds. The molecule has 0 bridgehead atoms. The van der Waals surface area contributed by atoms with Crippen LogP contribution in [-0.4, -0.2) is 48.1 Å². The quantitative estimate of drug-likeness (QED) is 0.608. The van der Waals surface area contributed by atoms with Gasteiger partial charge in [0.15, 0.2) is 11.8 Å². The van der Waals surface area contributed by atoms with E-state index in [0.29, 0.717) is 12.5 Å². The molecule has 2 aromatic heterocycles. The lowest BCUT2D eigenvalue weighted by Crippen LogP contribution is -2.47. The number of nitrogens with one attached hydrogen (secondary N) is 2. The van der Waals surface area contributed by atoms with Crippen LogP contribution in [-0.2, 0) is 26.6 Å². The summed E-state index contributed by atoms with van der Waals surface area (Å²) in [5, 5.41) is 15.5. The van der Waals surface area contributed by atoms with Crippen LogP contribution in [0.15, 0.2) is 11.3 Å². The third kappa shape index (κ3) is 4.15. The molecule has 1 aliphatic rings. The SMILES string of the molecule is CCNC(=NCc1ncnn1C)NC1CCc2nc(C(C)C)nn2C1. The van der Waals surface area contributed by atoms with Gasteiger partial charge >= 0.3 is 0 Å². The highest BCUT2D eigenvalue weighted by Crippen LogP contribution is 2.16. The first-order valence-corrected chi connectivity index (χ1v) is 8.88. The lowest BCUT2D eigenvalue weighted by Gasteiger charge is -2.25. The second kappa shape index (κ2) is 7.62. The summed E-state index contributed by atoms with van der Waals surface area (Å²) in [6.07, 6.45) is 3.50. The summed E-state index contributed by atoms with van der Waals surface area (Å²) < 4.78 is 3.77. The van der Waals surface area contributed by atoms with Crippen molar-refractivity contribution in [1.29, 1.82) is 0 Å². The van der Waals surface area contributed by atoms with Crippen molar-refractivity contribution in [2.75, 3.05) is 6.54 Å². The average molecular weight is 345 g/mol. The van der Waals surface area contributed by atoms with Gasteiger partial charge in [0, 0.05) is 32.0 Å². The van der Waals surface area contributed by atoms with E-state index in [4.69, 9.17) is 0 Å². The number of hydrogen-bond donors (Lipinski definition) is 2. The molecule has 9 heteroatoms. The molecule has 0 aromatic carbocycles. The number of hydrogen-bond acceptors (Lipinski definition) is 5. The standard InChI is InChI=1S/C16H27N9/c1-5-17-16(18-8-14-19-10-20-24(14)4)21-12-6-7-13-22-15(11(2)3)23-25(13)9-12/h10-12H,5-9H2,1-4H3,(H2,17,18,21). The van der Waals surface area contributed by atoms with Crippen LogP contribution < -0.4 is 10.6 Å². The Balaban J connectivity index is 1.65. The van der Waals surface area contributed by atoms with Crippen LogP contribution >= 0.6 is 0 Å². The molecule has 3 heterocycles. The van der Waals surface area contributed by atoms with Crippen molar-refractivity contribution in [3.63, 3.8) is 0 Å². The van der Waals surface area contributed by atoms with Crippen LogP contribution in [0.3, 0.4) is 0 Å². The first-order chi connectivity index (χ1) is 12.1.